The van der Waals surface area contributed by atoms with Crippen LogP contribution in [0.4, 0.5) is 4.39 Å². The maximum Gasteiger partial charge on any atom is 0.152 e. The lowest BCUT2D eigenvalue weighted by Crippen LogP contribution is -1.91. The molecule has 2 rings (SSSR count). The molecule has 0 aliphatic carbocycles. The number of hydrogen-bond donors (Lipinski definition) is 0. The van der Waals surface area contributed by atoms with Gasteiger partial charge < -0.3 is 4.74 Å². The van der Waals surface area contributed by atoms with Crippen LogP contribution in [0.5, 0.6) is 11.5 Å². The molecule has 96 valence electrons. The van der Waals surface area contributed by atoms with Crippen molar-refractivity contribution < 1.29 is 18.7 Å². The second kappa shape index (κ2) is 5.75. The number of carbonyl (C=O) groups is 2. The van der Waals surface area contributed by atoms with Crippen molar-refractivity contribution >= 4 is 28.5 Å². The van der Waals surface area contributed by atoms with E-state index in [0.29, 0.717) is 28.4 Å². The molecular weight excluding hydrogens is 315 g/mol. The van der Waals surface area contributed by atoms with Crippen LogP contribution in [0.3, 0.4) is 0 Å². The van der Waals surface area contributed by atoms with E-state index in [1.54, 1.807) is 18.2 Å². The van der Waals surface area contributed by atoms with Crippen LogP contribution in [0.1, 0.15) is 20.7 Å². The Kier molecular flexibility index (Phi) is 4.06. The summed E-state index contributed by atoms with van der Waals surface area (Å²) in [7, 11) is 0. The molecule has 19 heavy (non-hydrogen) atoms. The molecule has 0 aliphatic rings. The average Bonchev–Trinajstić information content (AvgIpc) is 2.39. The molecule has 5 heteroatoms. The Hall–Kier alpha value is -2.01. The molecule has 0 aliphatic heterocycles. The summed E-state index contributed by atoms with van der Waals surface area (Å²) in [6.45, 7) is 0. The van der Waals surface area contributed by atoms with Crippen molar-refractivity contribution in [3.8, 4) is 11.5 Å². The first kappa shape index (κ1) is 13.4. The van der Waals surface area contributed by atoms with Crippen LogP contribution in [0.15, 0.2) is 40.9 Å². The van der Waals surface area contributed by atoms with Gasteiger partial charge in [-0.15, -0.1) is 0 Å². The molecule has 0 amide bonds. The Morgan fingerprint density at radius 2 is 1.53 bits per heavy atom. The zero-order valence-corrected chi connectivity index (χ0v) is 11.2. The summed E-state index contributed by atoms with van der Waals surface area (Å²) in [6.07, 6.45) is 1.15. The summed E-state index contributed by atoms with van der Waals surface area (Å²) in [5.41, 5.74) is 0.472. The lowest BCUT2D eigenvalue weighted by atomic mass is 10.2. The lowest BCUT2D eigenvalue weighted by Gasteiger charge is -2.07. The van der Waals surface area contributed by atoms with Gasteiger partial charge in [-0.3, -0.25) is 9.59 Å². The van der Waals surface area contributed by atoms with Gasteiger partial charge in [-0.05, 0) is 46.3 Å². The summed E-state index contributed by atoms with van der Waals surface area (Å²) in [6, 6.07) is 8.75. The molecule has 0 bridgehead atoms. The van der Waals surface area contributed by atoms with Crippen molar-refractivity contribution in [1.29, 1.82) is 0 Å². The van der Waals surface area contributed by atoms with Gasteiger partial charge in [0.15, 0.2) is 12.6 Å². The van der Waals surface area contributed by atoms with E-state index in [9.17, 15) is 14.0 Å². The molecule has 0 heterocycles. The van der Waals surface area contributed by atoms with Gasteiger partial charge in [0, 0.05) is 16.1 Å². The molecule has 2 aromatic carbocycles. The van der Waals surface area contributed by atoms with Crippen LogP contribution in [0, 0.1) is 5.82 Å². The largest absolute Gasteiger partial charge is 0.457 e. The molecule has 0 unspecified atom stereocenters. The van der Waals surface area contributed by atoms with Gasteiger partial charge in [0.05, 0.1) is 5.56 Å². The van der Waals surface area contributed by atoms with E-state index in [2.05, 4.69) is 15.9 Å². The summed E-state index contributed by atoms with van der Waals surface area (Å²) in [4.78, 5) is 21.2. The monoisotopic (exact) mass is 322 g/mol. The van der Waals surface area contributed by atoms with Crippen LogP contribution in [0.25, 0.3) is 0 Å². The number of benzene rings is 2. The molecule has 0 aromatic heterocycles. The highest BCUT2D eigenvalue weighted by Crippen LogP contribution is 2.27. The number of carbonyl (C=O) groups excluding carboxylic acids is 2. The van der Waals surface area contributed by atoms with E-state index in [-0.39, 0.29) is 11.3 Å². The zero-order valence-electron chi connectivity index (χ0n) is 9.60. The minimum atomic E-state index is -0.643. The first-order chi connectivity index (χ1) is 9.13. The quantitative estimate of drug-likeness (QED) is 0.799. The Balaban J connectivity index is 2.26. The fourth-order valence-electron chi connectivity index (χ4n) is 1.47. The summed E-state index contributed by atoms with van der Waals surface area (Å²) < 4.78 is 19.4. The van der Waals surface area contributed by atoms with E-state index in [1.807, 2.05) is 0 Å². The van der Waals surface area contributed by atoms with E-state index in [4.69, 9.17) is 4.74 Å². The summed E-state index contributed by atoms with van der Waals surface area (Å²) in [5.74, 6) is 0.0839. The van der Waals surface area contributed by atoms with Crippen molar-refractivity contribution in [2.75, 3.05) is 0 Å². The van der Waals surface area contributed by atoms with E-state index in [1.165, 1.54) is 12.1 Å². The molecule has 0 spiro atoms. The van der Waals surface area contributed by atoms with Gasteiger partial charge in [0.25, 0.3) is 0 Å². The molecule has 0 N–H and O–H groups in total. The van der Waals surface area contributed by atoms with E-state index >= 15 is 0 Å². The third-order valence-corrected chi connectivity index (χ3v) is 3.12. The third-order valence-electron chi connectivity index (χ3n) is 2.43. The molecule has 3 nitrogen and oxygen atoms in total. The Morgan fingerprint density at radius 1 is 0.947 bits per heavy atom. The van der Waals surface area contributed by atoms with Crippen molar-refractivity contribution in [3.05, 3.63) is 57.8 Å². The highest BCUT2D eigenvalue weighted by molar-refractivity contribution is 9.10. The Labute approximate surface area is 117 Å². The van der Waals surface area contributed by atoms with Gasteiger partial charge in [0.1, 0.15) is 17.3 Å². The smallest absolute Gasteiger partial charge is 0.152 e. The lowest BCUT2D eigenvalue weighted by molar-refractivity contribution is 0.111. The zero-order chi connectivity index (χ0) is 13.8. The van der Waals surface area contributed by atoms with E-state index in [0.717, 1.165) is 6.07 Å². The summed E-state index contributed by atoms with van der Waals surface area (Å²) >= 11 is 3.23. The van der Waals surface area contributed by atoms with Crippen LogP contribution >= 0.6 is 15.9 Å². The van der Waals surface area contributed by atoms with Crippen molar-refractivity contribution in [1.82, 2.24) is 0 Å². The van der Waals surface area contributed by atoms with Gasteiger partial charge in [0.2, 0.25) is 0 Å². The molecule has 0 fully saturated rings. The molecule has 0 radical (unpaired) electrons. The molecule has 2 aromatic rings. The average molecular weight is 323 g/mol. The maximum atomic E-state index is 13.4. The molecule has 0 atom stereocenters. The first-order valence-electron chi connectivity index (χ1n) is 5.31. The fourth-order valence-corrected chi connectivity index (χ4v) is 1.92. The standard InChI is InChI=1S/C14H8BrFO3/c15-13-5-11(3-1-9(13)7-17)19-12-4-2-10(8-18)14(16)6-12/h1-8H. The predicted octanol–water partition coefficient (Wildman–Crippen LogP) is 4.01. The van der Waals surface area contributed by atoms with Crippen LogP contribution in [-0.4, -0.2) is 12.6 Å². The fraction of sp³-hybridized carbons (Fsp3) is 0. The highest BCUT2D eigenvalue weighted by Gasteiger charge is 2.06. The number of rotatable bonds is 4. The third kappa shape index (κ3) is 3.06. The van der Waals surface area contributed by atoms with Gasteiger partial charge >= 0.3 is 0 Å². The van der Waals surface area contributed by atoms with Crippen molar-refractivity contribution in [3.63, 3.8) is 0 Å². The molecular formula is C14H8BrFO3. The second-order valence-electron chi connectivity index (χ2n) is 3.70. The molecule has 0 saturated heterocycles. The minimum absolute atomic E-state index is 0.0233. The SMILES string of the molecule is O=Cc1ccc(Oc2ccc(C=O)c(Br)c2)cc1F. The van der Waals surface area contributed by atoms with Crippen LogP contribution < -0.4 is 4.74 Å². The Bertz CT molecular complexity index is 585. The normalized spacial score (nSPS) is 10.0. The number of halogens is 2. The van der Waals surface area contributed by atoms with Crippen LogP contribution in [0.2, 0.25) is 0 Å². The maximum absolute atomic E-state index is 13.4. The first-order valence-corrected chi connectivity index (χ1v) is 6.10. The Morgan fingerprint density at radius 3 is 2.05 bits per heavy atom. The molecule has 0 saturated carbocycles. The number of hydrogen-bond acceptors (Lipinski definition) is 3. The van der Waals surface area contributed by atoms with Crippen molar-refractivity contribution in [2.45, 2.75) is 0 Å². The number of aldehydes is 2. The summed E-state index contributed by atoms with van der Waals surface area (Å²) in [5, 5.41) is 0. The van der Waals surface area contributed by atoms with E-state index < -0.39 is 5.82 Å². The van der Waals surface area contributed by atoms with Gasteiger partial charge in [-0.1, -0.05) is 0 Å². The minimum Gasteiger partial charge on any atom is -0.457 e. The topological polar surface area (TPSA) is 43.4 Å². The van der Waals surface area contributed by atoms with Gasteiger partial charge in [-0.2, -0.15) is 0 Å². The second-order valence-corrected chi connectivity index (χ2v) is 4.56. The highest BCUT2D eigenvalue weighted by atomic mass is 79.9. The van der Waals surface area contributed by atoms with Crippen molar-refractivity contribution in [2.24, 2.45) is 0 Å². The van der Waals surface area contributed by atoms with Crippen LogP contribution in [-0.2, 0) is 0 Å². The predicted molar refractivity (Wildman–Crippen MR) is 71.4 cm³/mol. The number of ether oxygens (including phenoxy) is 1. The van der Waals surface area contributed by atoms with Gasteiger partial charge in [-0.25, -0.2) is 4.39 Å².